The summed E-state index contributed by atoms with van der Waals surface area (Å²) in [5.74, 6) is 0. The second-order valence-corrected chi connectivity index (χ2v) is 10.4. The summed E-state index contributed by atoms with van der Waals surface area (Å²) in [5.41, 5.74) is 3.50. The summed E-state index contributed by atoms with van der Waals surface area (Å²) >= 11 is 0. The standard InChI is InChI=1S/C18H19O3PS/c1-15(2)14-18(23(3,20)21)22(19,16-10-6-4-7-11-16)17-12-8-5-9-13-17/h4-13H,1-3H3. The zero-order valence-corrected chi connectivity index (χ0v) is 15.1. The molecule has 0 aromatic heterocycles. The van der Waals surface area contributed by atoms with Crippen LogP contribution in [0.4, 0.5) is 0 Å². The maximum atomic E-state index is 14.0. The van der Waals surface area contributed by atoms with Gasteiger partial charge in [0.15, 0.2) is 21.6 Å². The zero-order valence-electron chi connectivity index (χ0n) is 13.4. The zero-order chi connectivity index (χ0) is 17.1. The van der Waals surface area contributed by atoms with Crippen molar-refractivity contribution in [3.63, 3.8) is 0 Å². The highest BCUT2D eigenvalue weighted by Crippen LogP contribution is 2.53. The summed E-state index contributed by atoms with van der Waals surface area (Å²) in [7, 11) is -7.21. The van der Waals surface area contributed by atoms with Gasteiger partial charge in [0.05, 0.1) is 0 Å². The number of benzene rings is 2. The molecule has 0 radical (unpaired) electrons. The molecular formula is C18H19O3PS. The van der Waals surface area contributed by atoms with Crippen LogP contribution in [0.15, 0.2) is 76.6 Å². The Morgan fingerprint density at radius 1 is 0.870 bits per heavy atom. The van der Waals surface area contributed by atoms with E-state index >= 15 is 0 Å². The van der Waals surface area contributed by atoms with Crippen LogP contribution in [0.3, 0.4) is 0 Å². The summed E-state index contributed by atoms with van der Waals surface area (Å²) < 4.78 is 38.6. The van der Waals surface area contributed by atoms with Gasteiger partial charge in [0, 0.05) is 16.9 Å². The lowest BCUT2D eigenvalue weighted by atomic mass is 10.4. The normalized spacial score (nSPS) is 11.6. The molecule has 0 spiro atoms. The molecule has 5 heteroatoms. The largest absolute Gasteiger partial charge is 0.307 e. The maximum Gasteiger partial charge on any atom is 0.189 e. The Labute approximate surface area is 137 Å². The first kappa shape index (κ1) is 17.5. The van der Waals surface area contributed by atoms with Crippen LogP contribution < -0.4 is 10.6 Å². The topological polar surface area (TPSA) is 51.2 Å². The van der Waals surface area contributed by atoms with Crippen molar-refractivity contribution in [1.29, 1.82) is 0 Å². The second kappa shape index (κ2) is 6.72. The molecule has 0 heterocycles. The summed E-state index contributed by atoms with van der Waals surface area (Å²) in [5, 5.41) is 0.973. The Balaban J connectivity index is 2.95. The molecule has 2 rings (SSSR count). The first-order chi connectivity index (χ1) is 10.8. The first-order valence-electron chi connectivity index (χ1n) is 7.12. The molecule has 0 atom stereocenters. The van der Waals surface area contributed by atoms with Crippen molar-refractivity contribution in [2.45, 2.75) is 13.8 Å². The van der Waals surface area contributed by atoms with Crippen LogP contribution in [0.2, 0.25) is 0 Å². The van der Waals surface area contributed by atoms with E-state index in [4.69, 9.17) is 0 Å². The van der Waals surface area contributed by atoms with E-state index < -0.39 is 17.0 Å². The van der Waals surface area contributed by atoms with Crippen molar-refractivity contribution in [2.24, 2.45) is 0 Å². The van der Waals surface area contributed by atoms with Gasteiger partial charge in [-0.25, -0.2) is 8.42 Å². The lowest BCUT2D eigenvalue weighted by molar-refractivity contribution is 0.589. The minimum absolute atomic E-state index is 0.151. The van der Waals surface area contributed by atoms with E-state index in [1.165, 1.54) is 0 Å². The predicted molar refractivity (Wildman–Crippen MR) is 96.5 cm³/mol. The lowest BCUT2D eigenvalue weighted by Gasteiger charge is -2.20. The van der Waals surface area contributed by atoms with Crippen molar-refractivity contribution >= 4 is 27.6 Å². The molecule has 0 aliphatic heterocycles. The molecule has 0 amide bonds. The van der Waals surface area contributed by atoms with Gasteiger partial charge in [0.2, 0.25) is 0 Å². The van der Waals surface area contributed by atoms with Gasteiger partial charge in [-0.15, -0.1) is 0 Å². The van der Waals surface area contributed by atoms with Crippen molar-refractivity contribution in [1.82, 2.24) is 0 Å². The van der Waals surface area contributed by atoms with E-state index in [0.29, 0.717) is 16.2 Å². The van der Waals surface area contributed by atoms with Crippen LogP contribution in [0, 0.1) is 0 Å². The third-order valence-electron chi connectivity index (χ3n) is 3.23. The molecular weight excluding hydrogens is 327 g/mol. The Bertz CT molecular complexity index is 860. The van der Waals surface area contributed by atoms with Gasteiger partial charge in [-0.05, 0) is 19.4 Å². The summed E-state index contributed by atoms with van der Waals surface area (Å²) in [6, 6.07) is 17.4. The smallest absolute Gasteiger partial charge is 0.189 e. The number of rotatable bonds is 4. The van der Waals surface area contributed by atoms with E-state index in [-0.39, 0.29) is 4.65 Å². The molecule has 2 aromatic rings. The lowest BCUT2D eigenvalue weighted by Crippen LogP contribution is -2.20. The first-order valence-corrected chi connectivity index (χ1v) is 10.7. The quantitative estimate of drug-likeness (QED) is 0.629. The van der Waals surface area contributed by atoms with Crippen LogP contribution in [-0.2, 0) is 14.4 Å². The van der Waals surface area contributed by atoms with Gasteiger partial charge in [0.1, 0.15) is 0 Å². The van der Waals surface area contributed by atoms with Crippen LogP contribution in [0.5, 0.6) is 0 Å². The van der Waals surface area contributed by atoms with Gasteiger partial charge in [-0.1, -0.05) is 66.4 Å². The number of sulfone groups is 1. The number of allylic oxidation sites excluding steroid dienone is 1. The fraction of sp³-hybridized carbons (Fsp3) is 0.167. The van der Waals surface area contributed by atoms with Crippen LogP contribution in [0.1, 0.15) is 13.8 Å². The molecule has 23 heavy (non-hydrogen) atoms. The predicted octanol–water partition coefficient (Wildman–Crippen LogP) is 3.45. The Hall–Kier alpha value is -1.86. The van der Waals surface area contributed by atoms with Crippen molar-refractivity contribution in [3.8, 4) is 0 Å². The van der Waals surface area contributed by atoms with Gasteiger partial charge < -0.3 is 4.57 Å². The highest BCUT2D eigenvalue weighted by Gasteiger charge is 2.37. The fourth-order valence-electron chi connectivity index (χ4n) is 2.28. The van der Waals surface area contributed by atoms with E-state index in [2.05, 4.69) is 5.73 Å². The minimum Gasteiger partial charge on any atom is -0.307 e. The number of hydrogen-bond donors (Lipinski definition) is 0. The third kappa shape index (κ3) is 3.73. The molecule has 0 N–H and O–H groups in total. The SMILES string of the molecule is CC(C)=C=C(P(=O)(c1ccccc1)c1ccccc1)S(C)(=O)=O. The average Bonchev–Trinajstić information content (AvgIpc) is 2.52. The Kier molecular flexibility index (Phi) is 5.11. The van der Waals surface area contributed by atoms with E-state index in [9.17, 15) is 13.0 Å². The Morgan fingerprint density at radius 2 is 1.26 bits per heavy atom. The fourth-order valence-corrected chi connectivity index (χ4v) is 7.50. The molecule has 0 fully saturated rings. The highest BCUT2D eigenvalue weighted by atomic mass is 32.2. The van der Waals surface area contributed by atoms with E-state index in [1.54, 1.807) is 62.4 Å². The van der Waals surface area contributed by atoms with Crippen molar-refractivity contribution < 1.29 is 13.0 Å². The molecule has 3 nitrogen and oxygen atoms in total. The summed E-state index contributed by atoms with van der Waals surface area (Å²) in [6.45, 7) is 3.48. The van der Waals surface area contributed by atoms with Crippen LogP contribution in [-0.4, -0.2) is 14.7 Å². The highest BCUT2D eigenvalue weighted by molar-refractivity contribution is 8.07. The molecule has 0 unspecified atom stereocenters. The number of hydrogen-bond acceptors (Lipinski definition) is 3. The van der Waals surface area contributed by atoms with Crippen molar-refractivity contribution in [2.75, 3.05) is 6.26 Å². The molecule has 0 aliphatic rings. The van der Waals surface area contributed by atoms with E-state index in [1.807, 2.05) is 12.1 Å². The van der Waals surface area contributed by atoms with Crippen molar-refractivity contribution in [3.05, 3.63) is 76.6 Å². The second-order valence-electron chi connectivity index (χ2n) is 5.48. The monoisotopic (exact) mass is 346 g/mol. The molecule has 120 valence electrons. The van der Waals surface area contributed by atoms with Gasteiger partial charge in [0.25, 0.3) is 0 Å². The summed E-state index contributed by atoms with van der Waals surface area (Å²) in [6.07, 6.45) is 1.08. The minimum atomic E-state index is -3.69. The third-order valence-corrected chi connectivity index (χ3v) is 8.54. The maximum absolute atomic E-state index is 14.0. The Morgan fingerprint density at radius 3 is 1.57 bits per heavy atom. The van der Waals surface area contributed by atoms with Gasteiger partial charge in [-0.2, -0.15) is 0 Å². The van der Waals surface area contributed by atoms with Crippen LogP contribution in [0.25, 0.3) is 0 Å². The molecule has 0 aliphatic carbocycles. The van der Waals surface area contributed by atoms with Gasteiger partial charge >= 0.3 is 0 Å². The molecule has 0 bridgehead atoms. The van der Waals surface area contributed by atoms with Gasteiger partial charge in [-0.3, -0.25) is 0 Å². The summed E-state index contributed by atoms with van der Waals surface area (Å²) in [4.78, 5) is 0. The van der Waals surface area contributed by atoms with Crippen LogP contribution >= 0.6 is 7.14 Å². The average molecular weight is 346 g/mol. The molecule has 0 saturated heterocycles. The molecule has 2 aromatic carbocycles. The molecule has 0 saturated carbocycles. The van der Waals surface area contributed by atoms with E-state index in [0.717, 1.165) is 6.26 Å².